The van der Waals surface area contributed by atoms with Crippen LogP contribution in [0.5, 0.6) is 0 Å². The molecule has 1 aromatic rings. The lowest BCUT2D eigenvalue weighted by Crippen LogP contribution is -2.24. The summed E-state index contributed by atoms with van der Waals surface area (Å²) in [7, 11) is 0. The van der Waals surface area contributed by atoms with Crippen LogP contribution in [0, 0.1) is 13.8 Å². The third-order valence-electron chi connectivity index (χ3n) is 2.54. The molecule has 0 atom stereocenters. The molecule has 0 saturated heterocycles. The molecule has 3 N–H and O–H groups in total. The number of hydrogen-bond donors (Lipinski definition) is 2. The number of anilines is 1. The first-order valence-electron chi connectivity index (χ1n) is 5.27. The van der Waals surface area contributed by atoms with E-state index >= 15 is 0 Å². The summed E-state index contributed by atoms with van der Waals surface area (Å²) in [5.41, 5.74) is 8.79. The van der Waals surface area contributed by atoms with Crippen molar-refractivity contribution in [3.8, 4) is 0 Å². The fraction of sp³-hybridized carbons (Fsp3) is 0.231. The van der Waals surface area contributed by atoms with Crippen LogP contribution in [0.3, 0.4) is 0 Å². The number of rotatable bonds is 4. The Bertz CT molecular complexity index is 455. The fourth-order valence-electron chi connectivity index (χ4n) is 1.53. The molecule has 0 fully saturated rings. The summed E-state index contributed by atoms with van der Waals surface area (Å²) in [6, 6.07) is 1.79. The van der Waals surface area contributed by atoms with Gasteiger partial charge in [-0.15, -0.1) is 0 Å². The second-order valence-electron chi connectivity index (χ2n) is 3.84. The molecule has 0 unspecified atom stereocenters. The molecular weight excluding hydrogens is 214 g/mol. The number of amides is 1. The van der Waals surface area contributed by atoms with Gasteiger partial charge in [-0.25, -0.2) is 4.98 Å². The molecule has 0 spiro atoms. The molecule has 17 heavy (non-hydrogen) atoms. The largest absolute Gasteiger partial charge is 0.384 e. The minimum absolute atomic E-state index is 0.226. The Morgan fingerprint density at radius 2 is 2.24 bits per heavy atom. The molecule has 1 heterocycles. The Morgan fingerprint density at radius 3 is 2.76 bits per heavy atom. The zero-order valence-electron chi connectivity index (χ0n) is 10.2. The van der Waals surface area contributed by atoms with Crippen LogP contribution in [-0.4, -0.2) is 10.9 Å². The van der Waals surface area contributed by atoms with Gasteiger partial charge in [0.2, 0.25) is 0 Å². The van der Waals surface area contributed by atoms with Crippen LogP contribution in [0.25, 0.3) is 0 Å². The van der Waals surface area contributed by atoms with Gasteiger partial charge in [0.25, 0.3) is 5.91 Å². The number of nitrogens with one attached hydrogen (secondary N) is 1. The maximum atomic E-state index is 11.5. The molecule has 1 amide bonds. The average Bonchev–Trinajstić information content (AvgIpc) is 2.26. The van der Waals surface area contributed by atoms with Crippen molar-refractivity contribution in [2.45, 2.75) is 20.4 Å². The van der Waals surface area contributed by atoms with Crippen molar-refractivity contribution in [3.05, 3.63) is 47.7 Å². The van der Waals surface area contributed by atoms with Gasteiger partial charge in [-0.3, -0.25) is 4.79 Å². The molecule has 1 aromatic heterocycles. The lowest BCUT2D eigenvalue weighted by atomic mass is 10.1. The van der Waals surface area contributed by atoms with Crippen LogP contribution in [0.1, 0.15) is 16.8 Å². The SMILES string of the molecule is C=CC(=C)C(=O)NCc1c(C)cc(N)nc1C. The zero-order valence-corrected chi connectivity index (χ0v) is 10.2. The van der Waals surface area contributed by atoms with E-state index in [2.05, 4.69) is 23.5 Å². The topological polar surface area (TPSA) is 68.0 Å². The van der Waals surface area contributed by atoms with Gasteiger partial charge in [-0.1, -0.05) is 19.2 Å². The summed E-state index contributed by atoms with van der Waals surface area (Å²) in [6.07, 6.45) is 1.43. The van der Waals surface area contributed by atoms with Gasteiger partial charge in [0.1, 0.15) is 5.82 Å². The third kappa shape index (κ3) is 3.17. The number of nitrogens with zero attached hydrogens (tertiary/aromatic N) is 1. The number of nitrogen functional groups attached to an aromatic ring is 1. The lowest BCUT2D eigenvalue weighted by Gasteiger charge is -2.11. The number of carbonyl (C=O) groups is 1. The molecule has 1 rings (SSSR count). The standard InChI is InChI=1S/C13H17N3O/c1-5-8(2)13(17)15-7-11-9(3)6-12(14)16-10(11)4/h5-6H,1-2,7H2,3-4H3,(H2,14,16)(H,15,17). The smallest absolute Gasteiger partial charge is 0.250 e. The van der Waals surface area contributed by atoms with Crippen LogP contribution in [0.4, 0.5) is 5.82 Å². The van der Waals surface area contributed by atoms with Crippen molar-refractivity contribution in [3.63, 3.8) is 0 Å². The number of aryl methyl sites for hydroxylation is 2. The van der Waals surface area contributed by atoms with E-state index < -0.39 is 0 Å². The van der Waals surface area contributed by atoms with Crippen LogP contribution >= 0.6 is 0 Å². The van der Waals surface area contributed by atoms with Gasteiger partial charge >= 0.3 is 0 Å². The number of aromatic nitrogens is 1. The molecule has 0 aliphatic carbocycles. The molecule has 0 radical (unpaired) electrons. The van der Waals surface area contributed by atoms with E-state index in [-0.39, 0.29) is 5.91 Å². The highest BCUT2D eigenvalue weighted by atomic mass is 16.1. The third-order valence-corrected chi connectivity index (χ3v) is 2.54. The molecule has 90 valence electrons. The predicted molar refractivity (Wildman–Crippen MR) is 69.3 cm³/mol. The minimum Gasteiger partial charge on any atom is -0.384 e. The van der Waals surface area contributed by atoms with Gasteiger partial charge in [0.05, 0.1) is 0 Å². The Labute approximate surface area is 101 Å². The molecular formula is C13H17N3O. The number of pyridine rings is 1. The summed E-state index contributed by atoms with van der Waals surface area (Å²) in [5, 5.41) is 2.76. The molecule has 0 aliphatic heterocycles. The van der Waals surface area contributed by atoms with E-state index in [1.807, 2.05) is 13.8 Å². The van der Waals surface area contributed by atoms with Gasteiger partial charge in [0.15, 0.2) is 0 Å². The first-order valence-corrected chi connectivity index (χ1v) is 5.27. The average molecular weight is 231 g/mol. The second kappa shape index (κ2) is 5.30. The van der Waals surface area contributed by atoms with Gasteiger partial charge in [-0.2, -0.15) is 0 Å². The molecule has 0 aromatic carbocycles. The number of nitrogens with two attached hydrogens (primary N) is 1. The van der Waals surface area contributed by atoms with Gasteiger partial charge in [0, 0.05) is 17.8 Å². The first kappa shape index (κ1) is 13.0. The molecule has 0 aliphatic rings. The summed E-state index contributed by atoms with van der Waals surface area (Å²) >= 11 is 0. The highest BCUT2D eigenvalue weighted by molar-refractivity contribution is 5.95. The van der Waals surface area contributed by atoms with Crippen molar-refractivity contribution in [2.75, 3.05) is 5.73 Å². The van der Waals surface area contributed by atoms with E-state index in [4.69, 9.17) is 5.73 Å². The maximum Gasteiger partial charge on any atom is 0.250 e. The minimum atomic E-state index is -0.226. The predicted octanol–water partition coefficient (Wildman–Crippen LogP) is 1.64. The van der Waals surface area contributed by atoms with Crippen LogP contribution in [0.15, 0.2) is 30.9 Å². The number of hydrogen-bond acceptors (Lipinski definition) is 3. The summed E-state index contributed by atoms with van der Waals surface area (Å²) in [5.74, 6) is 0.265. The van der Waals surface area contributed by atoms with Crippen molar-refractivity contribution >= 4 is 11.7 Å². The Hall–Kier alpha value is -2.10. The number of carbonyl (C=O) groups excluding carboxylic acids is 1. The normalized spacial score (nSPS) is 9.76. The van der Waals surface area contributed by atoms with Crippen LogP contribution in [-0.2, 0) is 11.3 Å². The fourth-order valence-corrected chi connectivity index (χ4v) is 1.53. The van der Waals surface area contributed by atoms with Crippen molar-refractivity contribution < 1.29 is 4.79 Å². The summed E-state index contributed by atoms with van der Waals surface area (Å²) in [6.45, 7) is 11.3. The van der Waals surface area contributed by atoms with E-state index in [0.717, 1.165) is 16.8 Å². The second-order valence-corrected chi connectivity index (χ2v) is 3.84. The monoisotopic (exact) mass is 231 g/mol. The molecule has 4 heteroatoms. The Kier molecular flexibility index (Phi) is 4.04. The Balaban J connectivity index is 2.80. The van der Waals surface area contributed by atoms with Crippen molar-refractivity contribution in [1.82, 2.24) is 10.3 Å². The maximum absolute atomic E-state index is 11.5. The lowest BCUT2D eigenvalue weighted by molar-refractivity contribution is -0.117. The molecule has 0 bridgehead atoms. The molecule has 0 saturated carbocycles. The molecule has 4 nitrogen and oxygen atoms in total. The zero-order chi connectivity index (χ0) is 13.0. The van der Waals surface area contributed by atoms with Crippen molar-refractivity contribution in [2.24, 2.45) is 0 Å². The van der Waals surface area contributed by atoms with E-state index in [0.29, 0.717) is 17.9 Å². The van der Waals surface area contributed by atoms with Gasteiger partial charge < -0.3 is 11.1 Å². The highest BCUT2D eigenvalue weighted by Gasteiger charge is 2.08. The van der Waals surface area contributed by atoms with Crippen molar-refractivity contribution in [1.29, 1.82) is 0 Å². The van der Waals surface area contributed by atoms with E-state index in [1.165, 1.54) is 6.08 Å². The van der Waals surface area contributed by atoms with E-state index in [9.17, 15) is 4.79 Å². The van der Waals surface area contributed by atoms with Crippen LogP contribution in [0.2, 0.25) is 0 Å². The summed E-state index contributed by atoms with van der Waals surface area (Å²) in [4.78, 5) is 15.7. The quantitative estimate of drug-likeness (QED) is 0.611. The Morgan fingerprint density at radius 1 is 1.59 bits per heavy atom. The first-order chi connectivity index (χ1) is 7.95. The van der Waals surface area contributed by atoms with E-state index in [1.54, 1.807) is 6.07 Å². The van der Waals surface area contributed by atoms with Crippen LogP contribution < -0.4 is 11.1 Å². The van der Waals surface area contributed by atoms with Gasteiger partial charge in [-0.05, 0) is 31.0 Å². The summed E-state index contributed by atoms with van der Waals surface area (Å²) < 4.78 is 0. The highest BCUT2D eigenvalue weighted by Crippen LogP contribution is 2.14.